The Morgan fingerprint density at radius 2 is 1.76 bits per heavy atom. The van der Waals surface area contributed by atoms with E-state index in [2.05, 4.69) is 10.6 Å². The van der Waals surface area contributed by atoms with Crippen molar-refractivity contribution in [2.75, 3.05) is 6.54 Å². The van der Waals surface area contributed by atoms with Crippen LogP contribution in [0.2, 0.25) is 0 Å². The first-order valence-electron chi connectivity index (χ1n) is 6.17. The molecular weight excluding hydrogens is 218 g/mol. The number of hydrogen-bond donors (Lipinski definition) is 3. The van der Waals surface area contributed by atoms with Crippen LogP contribution in [0.1, 0.15) is 40.5 Å². The number of urea groups is 1. The molecular formula is C12H25N3O2. The largest absolute Gasteiger partial charge is 0.352 e. The van der Waals surface area contributed by atoms with E-state index < -0.39 is 6.03 Å². The molecule has 17 heavy (non-hydrogen) atoms. The molecule has 0 radical (unpaired) electrons. The lowest BCUT2D eigenvalue weighted by molar-refractivity contribution is -0.124. The first kappa shape index (κ1) is 15.9. The fraction of sp³-hybridized carbons (Fsp3) is 0.833. The number of carbonyl (C=O) groups excluding carboxylic acids is 2. The van der Waals surface area contributed by atoms with Gasteiger partial charge in [0.1, 0.15) is 0 Å². The fourth-order valence-electron chi connectivity index (χ4n) is 1.63. The van der Waals surface area contributed by atoms with Gasteiger partial charge < -0.3 is 16.4 Å². The number of nitrogens with one attached hydrogen (secondary N) is 2. The van der Waals surface area contributed by atoms with E-state index in [1.165, 1.54) is 0 Å². The highest BCUT2D eigenvalue weighted by molar-refractivity contribution is 5.85. The molecule has 5 nitrogen and oxygen atoms in total. The van der Waals surface area contributed by atoms with Gasteiger partial charge in [-0.2, -0.15) is 0 Å². The molecule has 0 heterocycles. The van der Waals surface area contributed by atoms with E-state index >= 15 is 0 Å². The summed E-state index contributed by atoms with van der Waals surface area (Å²) in [4.78, 5) is 22.4. The van der Waals surface area contributed by atoms with E-state index in [4.69, 9.17) is 5.73 Å². The molecule has 0 rings (SSSR count). The molecule has 0 unspecified atom stereocenters. The zero-order chi connectivity index (χ0) is 13.4. The van der Waals surface area contributed by atoms with Gasteiger partial charge in [-0.3, -0.25) is 4.79 Å². The van der Waals surface area contributed by atoms with Crippen molar-refractivity contribution in [3.8, 4) is 0 Å². The first-order valence-corrected chi connectivity index (χ1v) is 6.17. The molecule has 0 aromatic heterocycles. The normalized spacial score (nSPS) is 12.8. The molecule has 0 aliphatic rings. The van der Waals surface area contributed by atoms with Gasteiger partial charge in [0.2, 0.25) is 0 Å². The highest BCUT2D eigenvalue weighted by Crippen LogP contribution is 2.06. The number of nitrogens with two attached hydrogens (primary N) is 1. The topological polar surface area (TPSA) is 84.2 Å². The zero-order valence-corrected chi connectivity index (χ0v) is 11.2. The van der Waals surface area contributed by atoms with Crippen molar-refractivity contribution in [3.05, 3.63) is 0 Å². The van der Waals surface area contributed by atoms with Gasteiger partial charge in [-0.15, -0.1) is 0 Å². The van der Waals surface area contributed by atoms with E-state index in [9.17, 15) is 9.59 Å². The summed E-state index contributed by atoms with van der Waals surface area (Å²) in [5.41, 5.74) is 4.97. The third-order valence-corrected chi connectivity index (χ3v) is 2.42. The van der Waals surface area contributed by atoms with Gasteiger partial charge in [-0.25, -0.2) is 4.79 Å². The number of amides is 2. The second-order valence-electron chi connectivity index (χ2n) is 4.86. The molecule has 1 atom stereocenters. The minimum Gasteiger partial charge on any atom is -0.352 e. The summed E-state index contributed by atoms with van der Waals surface area (Å²) < 4.78 is 0. The molecule has 0 fully saturated rings. The second kappa shape index (κ2) is 8.06. The lowest BCUT2D eigenvalue weighted by Crippen LogP contribution is -2.43. The summed E-state index contributed by atoms with van der Waals surface area (Å²) in [7, 11) is 0. The summed E-state index contributed by atoms with van der Waals surface area (Å²) >= 11 is 0. The van der Waals surface area contributed by atoms with Gasteiger partial charge in [-0.05, 0) is 12.8 Å². The SMILES string of the molecule is CC(C)N[C@@H](CCCNC(N)=O)C(=O)C(C)C. The van der Waals surface area contributed by atoms with Gasteiger partial charge >= 0.3 is 6.03 Å². The van der Waals surface area contributed by atoms with Crippen LogP contribution in [0.25, 0.3) is 0 Å². The van der Waals surface area contributed by atoms with Crippen molar-refractivity contribution >= 4 is 11.8 Å². The summed E-state index contributed by atoms with van der Waals surface area (Å²) in [6, 6.07) is -0.384. The predicted molar refractivity (Wildman–Crippen MR) is 68.7 cm³/mol. The molecule has 100 valence electrons. The third-order valence-electron chi connectivity index (χ3n) is 2.42. The predicted octanol–water partition coefficient (Wildman–Crippen LogP) is 1.03. The summed E-state index contributed by atoms with van der Waals surface area (Å²) in [5, 5.41) is 5.78. The molecule has 0 bridgehead atoms. The molecule has 0 aromatic carbocycles. The van der Waals surface area contributed by atoms with E-state index in [1.54, 1.807) is 0 Å². The van der Waals surface area contributed by atoms with Crippen LogP contribution in [-0.2, 0) is 4.79 Å². The van der Waals surface area contributed by atoms with Crippen LogP contribution in [0.15, 0.2) is 0 Å². The Morgan fingerprint density at radius 1 is 1.18 bits per heavy atom. The Morgan fingerprint density at radius 3 is 2.18 bits per heavy atom. The Hall–Kier alpha value is -1.10. The number of Topliss-reactive ketones (excluding diaryl/α,β-unsaturated/α-hetero) is 1. The van der Waals surface area contributed by atoms with Gasteiger partial charge in [-0.1, -0.05) is 27.7 Å². The van der Waals surface area contributed by atoms with E-state index in [0.717, 1.165) is 12.8 Å². The molecule has 0 saturated heterocycles. The van der Waals surface area contributed by atoms with Crippen LogP contribution in [0, 0.1) is 5.92 Å². The van der Waals surface area contributed by atoms with E-state index in [0.29, 0.717) is 6.54 Å². The van der Waals surface area contributed by atoms with Crippen molar-refractivity contribution in [2.45, 2.75) is 52.6 Å². The summed E-state index contributed by atoms with van der Waals surface area (Å²) in [5.74, 6) is 0.244. The molecule has 2 amide bonds. The smallest absolute Gasteiger partial charge is 0.312 e. The minimum absolute atomic E-state index is 0.0235. The van der Waals surface area contributed by atoms with Crippen molar-refractivity contribution in [1.29, 1.82) is 0 Å². The van der Waals surface area contributed by atoms with Crippen LogP contribution >= 0.6 is 0 Å². The molecule has 0 aliphatic carbocycles. The van der Waals surface area contributed by atoms with Crippen molar-refractivity contribution in [2.24, 2.45) is 11.7 Å². The quantitative estimate of drug-likeness (QED) is 0.557. The monoisotopic (exact) mass is 243 g/mol. The van der Waals surface area contributed by atoms with Crippen LogP contribution in [0.3, 0.4) is 0 Å². The number of hydrogen-bond acceptors (Lipinski definition) is 3. The van der Waals surface area contributed by atoms with Crippen molar-refractivity contribution in [3.63, 3.8) is 0 Å². The van der Waals surface area contributed by atoms with Crippen LogP contribution < -0.4 is 16.4 Å². The lowest BCUT2D eigenvalue weighted by atomic mass is 9.97. The number of ketones is 1. The van der Waals surface area contributed by atoms with Crippen LogP contribution in [0.4, 0.5) is 4.79 Å². The summed E-state index contributed by atoms with van der Waals surface area (Å²) in [6.07, 6.45) is 1.46. The average Bonchev–Trinajstić information content (AvgIpc) is 2.20. The Kier molecular flexibility index (Phi) is 7.54. The molecule has 5 heteroatoms. The van der Waals surface area contributed by atoms with Crippen LogP contribution in [-0.4, -0.2) is 30.4 Å². The number of carbonyl (C=O) groups is 2. The lowest BCUT2D eigenvalue weighted by Gasteiger charge is -2.21. The molecule has 0 aromatic rings. The third kappa shape index (κ3) is 7.74. The Balaban J connectivity index is 4.11. The van der Waals surface area contributed by atoms with Crippen LogP contribution in [0.5, 0.6) is 0 Å². The van der Waals surface area contributed by atoms with E-state index in [1.807, 2.05) is 27.7 Å². The second-order valence-corrected chi connectivity index (χ2v) is 4.86. The average molecular weight is 243 g/mol. The Bertz CT molecular complexity index is 252. The standard InChI is InChI=1S/C12H25N3O2/c1-8(2)11(16)10(15-9(3)4)6-5-7-14-12(13)17/h8-10,15H,5-7H2,1-4H3,(H3,13,14,17)/t10-/m0/s1. The summed E-state index contributed by atoms with van der Waals surface area (Å²) in [6.45, 7) is 8.35. The molecule has 4 N–H and O–H groups in total. The van der Waals surface area contributed by atoms with E-state index in [-0.39, 0.29) is 23.8 Å². The van der Waals surface area contributed by atoms with Gasteiger partial charge in [0.25, 0.3) is 0 Å². The molecule has 0 spiro atoms. The highest BCUT2D eigenvalue weighted by atomic mass is 16.2. The van der Waals surface area contributed by atoms with Gasteiger partial charge in [0.15, 0.2) is 5.78 Å². The molecule has 0 aliphatic heterocycles. The Labute approximate surface area is 104 Å². The highest BCUT2D eigenvalue weighted by Gasteiger charge is 2.21. The first-order chi connectivity index (χ1) is 7.84. The fourth-order valence-corrected chi connectivity index (χ4v) is 1.63. The van der Waals surface area contributed by atoms with Crippen molar-refractivity contribution in [1.82, 2.24) is 10.6 Å². The number of primary amides is 1. The minimum atomic E-state index is -0.520. The molecule has 0 saturated carbocycles. The van der Waals surface area contributed by atoms with Gasteiger partial charge in [0.05, 0.1) is 6.04 Å². The van der Waals surface area contributed by atoms with Crippen molar-refractivity contribution < 1.29 is 9.59 Å². The number of rotatable bonds is 8. The van der Waals surface area contributed by atoms with Gasteiger partial charge in [0, 0.05) is 18.5 Å². The maximum atomic E-state index is 11.9. The zero-order valence-electron chi connectivity index (χ0n) is 11.2. The maximum Gasteiger partial charge on any atom is 0.312 e. The maximum absolute atomic E-state index is 11.9.